The van der Waals surface area contributed by atoms with Gasteiger partial charge in [0.25, 0.3) is 0 Å². The fraction of sp³-hybridized carbons (Fsp3) is 0. The monoisotopic (exact) mass is 317 g/mol. The molecule has 0 unspecified atom stereocenters. The molecule has 0 saturated carbocycles. The van der Waals surface area contributed by atoms with Crippen LogP contribution in [-0.2, 0) is 0 Å². The van der Waals surface area contributed by atoms with Gasteiger partial charge in [0.2, 0.25) is 0 Å². The van der Waals surface area contributed by atoms with Crippen molar-refractivity contribution in [2.75, 3.05) is 0 Å². The lowest BCUT2D eigenvalue weighted by molar-refractivity contribution is 1.20. The van der Waals surface area contributed by atoms with Gasteiger partial charge in [0.1, 0.15) is 0 Å². The summed E-state index contributed by atoms with van der Waals surface area (Å²) in [6.07, 6.45) is 0. The average molecular weight is 317 g/mol. The molecule has 6 rings (SSSR count). The van der Waals surface area contributed by atoms with E-state index < -0.39 is 0 Å². The van der Waals surface area contributed by atoms with Gasteiger partial charge >= 0.3 is 0 Å². The van der Waals surface area contributed by atoms with Gasteiger partial charge in [-0.2, -0.15) is 0 Å². The average Bonchev–Trinajstić information content (AvgIpc) is 2.84. The molecule has 2 aliphatic heterocycles. The van der Waals surface area contributed by atoms with Gasteiger partial charge in [-0.25, -0.2) is 0 Å². The summed E-state index contributed by atoms with van der Waals surface area (Å²) in [5.74, 6) is 0. The van der Waals surface area contributed by atoms with E-state index in [1.807, 2.05) is 0 Å². The Labute approximate surface area is 145 Å². The zero-order chi connectivity index (χ0) is 16.4. The van der Waals surface area contributed by atoms with Crippen LogP contribution in [0.25, 0.3) is 49.0 Å². The highest BCUT2D eigenvalue weighted by Gasteiger charge is 2.16. The lowest BCUT2D eigenvalue weighted by Crippen LogP contribution is -2.02. The molecule has 0 radical (unpaired) electrons. The van der Waals surface area contributed by atoms with E-state index >= 15 is 0 Å². The molecule has 1 nitrogen and oxygen atoms in total. The van der Waals surface area contributed by atoms with Crippen molar-refractivity contribution < 1.29 is 0 Å². The zero-order valence-corrected chi connectivity index (χ0v) is 13.6. The summed E-state index contributed by atoms with van der Waals surface area (Å²) in [7, 11) is 0. The predicted molar refractivity (Wildman–Crippen MR) is 107 cm³/mol. The summed E-state index contributed by atoms with van der Waals surface area (Å²) in [5.41, 5.74) is 3.80. The van der Waals surface area contributed by atoms with E-state index in [0.29, 0.717) is 0 Å². The molecule has 25 heavy (non-hydrogen) atoms. The predicted octanol–water partition coefficient (Wildman–Crippen LogP) is 6.53. The quantitative estimate of drug-likeness (QED) is 0.222. The van der Waals surface area contributed by atoms with Crippen LogP contribution in [0.2, 0.25) is 0 Å². The Morgan fingerprint density at radius 2 is 1.08 bits per heavy atom. The number of hydrogen-bond acceptors (Lipinski definition) is 0. The van der Waals surface area contributed by atoms with Gasteiger partial charge in [-0.1, -0.05) is 78.9 Å². The highest BCUT2D eigenvalue weighted by molar-refractivity contribution is 6.20. The van der Waals surface area contributed by atoms with Crippen LogP contribution in [0.5, 0.6) is 0 Å². The molecule has 0 amide bonds. The fourth-order valence-electron chi connectivity index (χ4n) is 4.28. The minimum absolute atomic E-state index is 1.24. The third-order valence-electron chi connectivity index (χ3n) is 5.32. The summed E-state index contributed by atoms with van der Waals surface area (Å²) in [5, 5.41) is 7.78. The number of hydrogen-bond donors (Lipinski definition) is 0. The van der Waals surface area contributed by atoms with Crippen LogP contribution in [0.15, 0.2) is 91.0 Å². The molecule has 0 bridgehead atoms. The van der Waals surface area contributed by atoms with Crippen LogP contribution < -0.4 is 0 Å². The van der Waals surface area contributed by atoms with Crippen molar-refractivity contribution in [2.24, 2.45) is 0 Å². The molecule has 4 aromatic rings. The van der Waals surface area contributed by atoms with Crippen molar-refractivity contribution >= 4 is 43.4 Å². The van der Waals surface area contributed by atoms with Gasteiger partial charge in [0, 0.05) is 10.8 Å². The molecule has 0 aliphatic carbocycles. The maximum absolute atomic E-state index is 2.44. The molecular weight excluding hydrogens is 302 g/mol. The van der Waals surface area contributed by atoms with Crippen molar-refractivity contribution in [1.29, 1.82) is 0 Å². The number of benzene rings is 4. The second kappa shape index (κ2) is 4.61. The van der Waals surface area contributed by atoms with E-state index in [1.54, 1.807) is 0 Å². The van der Waals surface area contributed by atoms with E-state index in [9.17, 15) is 0 Å². The zero-order valence-electron chi connectivity index (χ0n) is 13.6. The first-order chi connectivity index (χ1) is 12.4. The number of para-hydroxylation sites is 2. The third kappa shape index (κ3) is 1.62. The van der Waals surface area contributed by atoms with Crippen LogP contribution in [0, 0.1) is 0 Å². The van der Waals surface area contributed by atoms with Crippen molar-refractivity contribution in [2.45, 2.75) is 0 Å². The Kier molecular flexibility index (Phi) is 2.40. The topological polar surface area (TPSA) is 4.93 Å². The lowest BCUT2D eigenvalue weighted by atomic mass is 9.97. The number of rotatable bonds is 0. The molecular formula is C24H15N. The minimum Gasteiger partial charge on any atom is -0.308 e. The number of pyridine rings is 1. The maximum Gasteiger partial charge on any atom is 0.0613 e. The molecule has 0 aromatic heterocycles. The molecule has 1 heteroatoms. The first-order valence-corrected chi connectivity index (χ1v) is 8.64. The molecule has 0 spiro atoms. The van der Waals surface area contributed by atoms with Gasteiger partial charge < -0.3 is 4.57 Å². The summed E-state index contributed by atoms with van der Waals surface area (Å²) in [6, 6.07) is 33.0. The van der Waals surface area contributed by atoms with Crippen molar-refractivity contribution in [1.82, 2.24) is 4.57 Å². The number of nitrogens with zero attached hydrogens (tertiary/aromatic N) is 1. The number of fused-ring (bicyclic) bond motifs is 4. The minimum atomic E-state index is 1.24. The molecule has 2 heterocycles. The van der Waals surface area contributed by atoms with Gasteiger partial charge in [0.15, 0.2) is 0 Å². The molecule has 0 atom stereocenters. The van der Waals surface area contributed by atoms with Crippen LogP contribution in [0.1, 0.15) is 0 Å². The summed E-state index contributed by atoms with van der Waals surface area (Å²) in [4.78, 5) is 0. The van der Waals surface area contributed by atoms with Crippen LogP contribution >= 0.6 is 0 Å². The van der Waals surface area contributed by atoms with Crippen LogP contribution in [0.3, 0.4) is 0 Å². The molecule has 0 fully saturated rings. The van der Waals surface area contributed by atoms with E-state index in [-0.39, 0.29) is 0 Å². The summed E-state index contributed by atoms with van der Waals surface area (Å²) in [6.45, 7) is 0. The van der Waals surface area contributed by atoms with E-state index in [2.05, 4.69) is 95.6 Å². The van der Waals surface area contributed by atoms with Crippen LogP contribution in [0.4, 0.5) is 0 Å². The Bertz CT molecular complexity index is 1380. The second-order valence-electron chi connectivity index (χ2n) is 6.65. The SMILES string of the molecule is c1ccc2c(c1)ccc1cccc3c1-n2c1cccc2cccc3c21. The summed E-state index contributed by atoms with van der Waals surface area (Å²) < 4.78 is 2.44. The van der Waals surface area contributed by atoms with Gasteiger partial charge in [-0.15, -0.1) is 0 Å². The Balaban J connectivity index is 2.11. The van der Waals surface area contributed by atoms with Crippen molar-refractivity contribution in [3.8, 4) is 5.69 Å². The smallest absolute Gasteiger partial charge is 0.0613 e. The van der Waals surface area contributed by atoms with E-state index in [0.717, 1.165) is 0 Å². The third-order valence-corrected chi connectivity index (χ3v) is 5.32. The maximum atomic E-state index is 2.44. The lowest BCUT2D eigenvalue weighted by Gasteiger charge is -2.20. The van der Waals surface area contributed by atoms with Crippen molar-refractivity contribution in [3.63, 3.8) is 0 Å². The first kappa shape index (κ1) is 13.0. The van der Waals surface area contributed by atoms with Crippen LogP contribution in [-0.4, -0.2) is 4.57 Å². The van der Waals surface area contributed by atoms with E-state index in [4.69, 9.17) is 0 Å². The first-order valence-electron chi connectivity index (χ1n) is 8.64. The normalized spacial score (nSPS) is 12.0. The Morgan fingerprint density at radius 1 is 0.440 bits per heavy atom. The molecule has 0 N–H and O–H groups in total. The Morgan fingerprint density at radius 3 is 2.00 bits per heavy atom. The fourth-order valence-corrected chi connectivity index (χ4v) is 4.28. The molecule has 0 saturated heterocycles. The van der Waals surface area contributed by atoms with E-state index in [1.165, 1.54) is 49.0 Å². The number of aromatic nitrogens is 1. The van der Waals surface area contributed by atoms with Gasteiger partial charge in [-0.3, -0.25) is 0 Å². The molecule has 2 aliphatic rings. The van der Waals surface area contributed by atoms with Crippen molar-refractivity contribution in [3.05, 3.63) is 91.0 Å². The summed E-state index contributed by atoms with van der Waals surface area (Å²) >= 11 is 0. The Hall–Kier alpha value is -3.32. The molecule has 116 valence electrons. The second-order valence-corrected chi connectivity index (χ2v) is 6.65. The standard InChI is InChI=1S/C24H15N/c1-2-12-21-16(6-1)14-15-18-9-4-11-20-19-10-3-7-17-8-5-13-22(23(17)19)25(21)24(18)20/h1-15H. The largest absolute Gasteiger partial charge is 0.308 e. The highest BCUT2D eigenvalue weighted by atomic mass is 15.0. The van der Waals surface area contributed by atoms with Gasteiger partial charge in [0.05, 0.1) is 16.7 Å². The molecule has 4 aromatic carbocycles. The van der Waals surface area contributed by atoms with Gasteiger partial charge in [-0.05, 0) is 33.7 Å². The highest BCUT2D eigenvalue weighted by Crippen LogP contribution is 2.39.